The van der Waals surface area contributed by atoms with Gasteiger partial charge in [0.05, 0.1) is 18.5 Å². The standard InChI is InChI=1S/C6H6N2O4/c9-5(10)3-1-7-2-8-4(3)6(11)12/h2H,1H2,(H,7,8)(H,9,10)(H,11,12). The monoisotopic (exact) mass is 170 g/mol. The smallest absolute Gasteiger partial charge is 0.352 e. The first-order valence-electron chi connectivity index (χ1n) is 3.07. The second kappa shape index (κ2) is 3.04. The molecule has 0 amide bonds. The van der Waals surface area contributed by atoms with Crippen LogP contribution >= 0.6 is 0 Å². The second-order valence-corrected chi connectivity index (χ2v) is 2.08. The van der Waals surface area contributed by atoms with Crippen molar-refractivity contribution in [3.63, 3.8) is 0 Å². The maximum atomic E-state index is 10.4. The molecule has 1 aliphatic heterocycles. The zero-order chi connectivity index (χ0) is 9.14. The molecule has 64 valence electrons. The minimum absolute atomic E-state index is 0.107. The van der Waals surface area contributed by atoms with Crippen LogP contribution < -0.4 is 5.32 Å². The summed E-state index contributed by atoms with van der Waals surface area (Å²) in [5.41, 5.74) is -0.553. The minimum Gasteiger partial charge on any atom is -0.478 e. The molecule has 0 radical (unpaired) electrons. The van der Waals surface area contributed by atoms with Gasteiger partial charge in [0.2, 0.25) is 0 Å². The summed E-state index contributed by atoms with van der Waals surface area (Å²) < 4.78 is 0. The Hall–Kier alpha value is -1.85. The van der Waals surface area contributed by atoms with Gasteiger partial charge in [-0.25, -0.2) is 9.59 Å². The quantitative estimate of drug-likeness (QED) is 0.495. The molecule has 0 saturated heterocycles. The summed E-state index contributed by atoms with van der Waals surface area (Å²) in [5.74, 6) is -2.56. The Bertz CT molecular complexity index is 264. The van der Waals surface area contributed by atoms with Gasteiger partial charge < -0.3 is 15.5 Å². The van der Waals surface area contributed by atoms with Gasteiger partial charge in [0, 0.05) is 0 Å². The SMILES string of the molecule is O=C(O)C1=C(C(=O)O)NC=NC1. The normalized spacial score (nSPS) is 15.7. The van der Waals surface area contributed by atoms with Gasteiger partial charge in [0.25, 0.3) is 0 Å². The molecule has 0 aromatic rings. The van der Waals surface area contributed by atoms with Gasteiger partial charge in [-0.2, -0.15) is 0 Å². The van der Waals surface area contributed by atoms with Gasteiger partial charge in [0.15, 0.2) is 0 Å². The van der Waals surface area contributed by atoms with E-state index in [4.69, 9.17) is 10.2 Å². The Morgan fingerprint density at radius 1 is 1.42 bits per heavy atom. The number of nitrogens with zero attached hydrogens (tertiary/aromatic N) is 1. The molecule has 0 aromatic carbocycles. The highest BCUT2D eigenvalue weighted by Gasteiger charge is 2.21. The summed E-state index contributed by atoms with van der Waals surface area (Å²) in [6, 6.07) is 0. The lowest BCUT2D eigenvalue weighted by Gasteiger charge is -2.09. The van der Waals surface area contributed by atoms with Crippen LogP contribution in [0.5, 0.6) is 0 Å². The lowest BCUT2D eigenvalue weighted by molar-refractivity contribution is -0.136. The van der Waals surface area contributed by atoms with Gasteiger partial charge in [-0.05, 0) is 0 Å². The van der Waals surface area contributed by atoms with E-state index in [2.05, 4.69) is 10.3 Å². The van der Waals surface area contributed by atoms with E-state index in [-0.39, 0.29) is 17.8 Å². The molecule has 0 bridgehead atoms. The van der Waals surface area contributed by atoms with Gasteiger partial charge in [-0.3, -0.25) is 4.99 Å². The van der Waals surface area contributed by atoms with E-state index in [0.29, 0.717) is 0 Å². The topological polar surface area (TPSA) is 99.0 Å². The molecule has 0 unspecified atom stereocenters. The number of nitrogens with one attached hydrogen (secondary N) is 1. The number of hydrogen-bond acceptors (Lipinski definition) is 4. The minimum atomic E-state index is -1.29. The van der Waals surface area contributed by atoms with Crippen molar-refractivity contribution in [1.82, 2.24) is 5.32 Å². The third-order valence-corrected chi connectivity index (χ3v) is 1.32. The molecule has 1 heterocycles. The Labute approximate surface area is 67.2 Å². The molecular weight excluding hydrogens is 164 g/mol. The molecule has 0 aliphatic carbocycles. The Morgan fingerprint density at radius 3 is 2.50 bits per heavy atom. The average Bonchev–Trinajstić information content (AvgIpc) is 2.04. The third kappa shape index (κ3) is 1.42. The summed E-state index contributed by atoms with van der Waals surface area (Å²) >= 11 is 0. The van der Waals surface area contributed by atoms with Crippen LogP contribution in [-0.2, 0) is 9.59 Å². The summed E-state index contributed by atoms with van der Waals surface area (Å²) in [6.07, 6.45) is 1.16. The van der Waals surface area contributed by atoms with Gasteiger partial charge in [-0.1, -0.05) is 0 Å². The molecule has 12 heavy (non-hydrogen) atoms. The largest absolute Gasteiger partial charge is 0.478 e. The third-order valence-electron chi connectivity index (χ3n) is 1.32. The molecule has 0 atom stereocenters. The summed E-state index contributed by atoms with van der Waals surface area (Å²) in [6.45, 7) is -0.107. The van der Waals surface area contributed by atoms with Crippen molar-refractivity contribution in [3.8, 4) is 0 Å². The number of carboxylic acid groups (broad SMARTS) is 2. The number of aliphatic carboxylic acids is 2. The van der Waals surface area contributed by atoms with Crippen LogP contribution in [0.4, 0.5) is 0 Å². The predicted octanol–water partition coefficient (Wildman–Crippen LogP) is -0.959. The van der Waals surface area contributed by atoms with E-state index in [1.54, 1.807) is 0 Å². The Balaban J connectivity index is 3.01. The maximum Gasteiger partial charge on any atom is 0.352 e. The van der Waals surface area contributed by atoms with E-state index in [9.17, 15) is 9.59 Å². The van der Waals surface area contributed by atoms with Crippen LogP contribution in [0.25, 0.3) is 0 Å². The zero-order valence-electron chi connectivity index (χ0n) is 5.94. The lowest BCUT2D eigenvalue weighted by atomic mass is 10.2. The number of rotatable bonds is 2. The molecular formula is C6H6N2O4. The molecule has 6 heteroatoms. The van der Waals surface area contributed by atoms with Gasteiger partial charge in [0.1, 0.15) is 5.70 Å². The zero-order valence-corrected chi connectivity index (χ0v) is 5.94. The molecule has 1 aliphatic rings. The van der Waals surface area contributed by atoms with Crippen LogP contribution in [0, 0.1) is 0 Å². The molecule has 1 rings (SSSR count). The fraction of sp³-hybridized carbons (Fsp3) is 0.167. The van der Waals surface area contributed by atoms with Crippen molar-refractivity contribution in [2.75, 3.05) is 6.54 Å². The van der Waals surface area contributed by atoms with Crippen molar-refractivity contribution in [1.29, 1.82) is 0 Å². The van der Waals surface area contributed by atoms with E-state index in [1.807, 2.05) is 0 Å². The summed E-state index contributed by atoms with van der Waals surface area (Å²) in [5, 5.41) is 19.3. The first kappa shape index (κ1) is 8.25. The fourth-order valence-electron chi connectivity index (χ4n) is 0.779. The van der Waals surface area contributed by atoms with E-state index < -0.39 is 11.9 Å². The van der Waals surface area contributed by atoms with E-state index in [1.165, 1.54) is 0 Å². The number of carboxylic acids is 2. The van der Waals surface area contributed by atoms with Crippen molar-refractivity contribution >= 4 is 18.3 Å². The predicted molar refractivity (Wildman–Crippen MR) is 38.8 cm³/mol. The van der Waals surface area contributed by atoms with Gasteiger partial charge >= 0.3 is 11.9 Å². The molecule has 3 N–H and O–H groups in total. The van der Waals surface area contributed by atoms with Crippen LogP contribution in [0.15, 0.2) is 16.3 Å². The van der Waals surface area contributed by atoms with Crippen molar-refractivity contribution in [2.24, 2.45) is 4.99 Å². The number of aliphatic imine (C=N–C) groups is 1. The average molecular weight is 170 g/mol. The number of hydrogen-bond donors (Lipinski definition) is 3. The first-order valence-corrected chi connectivity index (χ1v) is 3.07. The highest BCUT2D eigenvalue weighted by molar-refractivity contribution is 6.01. The fourth-order valence-corrected chi connectivity index (χ4v) is 0.779. The van der Waals surface area contributed by atoms with Gasteiger partial charge in [-0.15, -0.1) is 0 Å². The highest BCUT2D eigenvalue weighted by atomic mass is 16.4. The Kier molecular flexibility index (Phi) is 2.09. The molecule has 0 spiro atoms. The van der Waals surface area contributed by atoms with Crippen molar-refractivity contribution in [2.45, 2.75) is 0 Å². The van der Waals surface area contributed by atoms with Crippen LogP contribution in [0.2, 0.25) is 0 Å². The molecule has 0 aromatic heterocycles. The van der Waals surface area contributed by atoms with Crippen LogP contribution in [0.3, 0.4) is 0 Å². The number of carbonyl (C=O) groups is 2. The molecule has 0 saturated carbocycles. The van der Waals surface area contributed by atoms with Crippen LogP contribution in [-0.4, -0.2) is 35.0 Å². The first-order chi connectivity index (χ1) is 5.63. The Morgan fingerprint density at radius 2 is 2.08 bits per heavy atom. The molecule has 0 fully saturated rings. The second-order valence-electron chi connectivity index (χ2n) is 2.08. The van der Waals surface area contributed by atoms with E-state index in [0.717, 1.165) is 6.34 Å². The van der Waals surface area contributed by atoms with E-state index >= 15 is 0 Å². The summed E-state index contributed by atoms with van der Waals surface area (Å²) in [7, 11) is 0. The summed E-state index contributed by atoms with van der Waals surface area (Å²) in [4.78, 5) is 24.4. The highest BCUT2D eigenvalue weighted by Crippen LogP contribution is 2.05. The van der Waals surface area contributed by atoms with Crippen molar-refractivity contribution < 1.29 is 19.8 Å². The van der Waals surface area contributed by atoms with Crippen LogP contribution in [0.1, 0.15) is 0 Å². The molecule has 6 nitrogen and oxygen atoms in total. The lowest BCUT2D eigenvalue weighted by Crippen LogP contribution is -2.28. The van der Waals surface area contributed by atoms with Crippen molar-refractivity contribution in [3.05, 3.63) is 11.3 Å². The maximum absolute atomic E-state index is 10.4.